The van der Waals surface area contributed by atoms with Crippen LogP contribution in [0.2, 0.25) is 0 Å². The molecule has 6 heteroatoms. The topological polar surface area (TPSA) is 90.6 Å². The number of nitrogens with one attached hydrogen (secondary N) is 1. The van der Waals surface area contributed by atoms with Crippen LogP contribution >= 0.6 is 0 Å². The van der Waals surface area contributed by atoms with Gasteiger partial charge in [-0.3, -0.25) is 9.59 Å². The van der Waals surface area contributed by atoms with Gasteiger partial charge in [-0.2, -0.15) is 0 Å². The molecule has 3 rings (SSSR count). The van der Waals surface area contributed by atoms with Crippen LogP contribution in [0.5, 0.6) is 11.5 Å². The van der Waals surface area contributed by atoms with Crippen LogP contribution in [0.3, 0.4) is 0 Å². The summed E-state index contributed by atoms with van der Waals surface area (Å²) in [6, 6.07) is 12.1. The second kappa shape index (κ2) is 6.47. The summed E-state index contributed by atoms with van der Waals surface area (Å²) >= 11 is 0. The number of ether oxygens (including phenoxy) is 2. The van der Waals surface area contributed by atoms with Crippen molar-refractivity contribution in [2.75, 3.05) is 19.5 Å². The Bertz CT molecular complexity index is 811. The second-order valence-corrected chi connectivity index (χ2v) is 6.05. The van der Waals surface area contributed by atoms with Crippen LogP contribution in [0.25, 0.3) is 0 Å². The minimum atomic E-state index is -0.554. The molecule has 2 amide bonds. The van der Waals surface area contributed by atoms with Gasteiger partial charge in [-0.05, 0) is 54.8 Å². The van der Waals surface area contributed by atoms with Crippen LogP contribution in [0.1, 0.15) is 28.8 Å². The number of benzene rings is 2. The molecule has 0 unspecified atom stereocenters. The highest BCUT2D eigenvalue weighted by Crippen LogP contribution is 2.50. The summed E-state index contributed by atoms with van der Waals surface area (Å²) in [5.41, 5.74) is 6.60. The molecular formula is C19H20N2O4. The Hall–Kier alpha value is -3.02. The van der Waals surface area contributed by atoms with Gasteiger partial charge in [0.25, 0.3) is 0 Å². The molecule has 1 fully saturated rings. The van der Waals surface area contributed by atoms with Crippen LogP contribution < -0.4 is 20.5 Å². The van der Waals surface area contributed by atoms with Crippen molar-refractivity contribution in [1.29, 1.82) is 0 Å². The average molecular weight is 340 g/mol. The van der Waals surface area contributed by atoms with Crippen molar-refractivity contribution in [2.24, 2.45) is 5.73 Å². The average Bonchev–Trinajstić information content (AvgIpc) is 3.43. The van der Waals surface area contributed by atoms with E-state index in [0.29, 0.717) is 22.7 Å². The fraction of sp³-hybridized carbons (Fsp3) is 0.263. The lowest BCUT2D eigenvalue weighted by atomic mass is 9.94. The van der Waals surface area contributed by atoms with E-state index in [1.54, 1.807) is 38.5 Å². The Balaban J connectivity index is 1.80. The molecule has 1 aliphatic rings. The van der Waals surface area contributed by atoms with Crippen molar-refractivity contribution in [3.63, 3.8) is 0 Å². The fourth-order valence-corrected chi connectivity index (χ4v) is 2.87. The van der Waals surface area contributed by atoms with Crippen molar-refractivity contribution in [3.05, 3.63) is 53.6 Å². The van der Waals surface area contributed by atoms with Gasteiger partial charge < -0.3 is 20.5 Å². The number of primary amides is 1. The molecule has 0 spiro atoms. The van der Waals surface area contributed by atoms with E-state index in [4.69, 9.17) is 15.2 Å². The Morgan fingerprint density at radius 3 is 2.16 bits per heavy atom. The number of rotatable bonds is 6. The number of methoxy groups -OCH3 is 2. The van der Waals surface area contributed by atoms with Gasteiger partial charge in [-0.15, -0.1) is 0 Å². The van der Waals surface area contributed by atoms with Gasteiger partial charge in [0.15, 0.2) is 11.5 Å². The first-order valence-electron chi connectivity index (χ1n) is 7.94. The van der Waals surface area contributed by atoms with Crippen molar-refractivity contribution < 1.29 is 19.1 Å². The zero-order chi connectivity index (χ0) is 18.0. The van der Waals surface area contributed by atoms with Gasteiger partial charge in [0, 0.05) is 11.3 Å². The van der Waals surface area contributed by atoms with E-state index in [0.717, 1.165) is 18.4 Å². The minimum absolute atomic E-state index is 0.0773. The van der Waals surface area contributed by atoms with Crippen molar-refractivity contribution in [3.8, 4) is 11.5 Å². The summed E-state index contributed by atoms with van der Waals surface area (Å²) in [4.78, 5) is 23.9. The molecule has 25 heavy (non-hydrogen) atoms. The van der Waals surface area contributed by atoms with Gasteiger partial charge in [0.05, 0.1) is 19.6 Å². The smallest absolute Gasteiger partial charge is 0.248 e. The first-order chi connectivity index (χ1) is 12.0. The van der Waals surface area contributed by atoms with Gasteiger partial charge in [0.1, 0.15) is 0 Å². The highest BCUT2D eigenvalue weighted by Gasteiger charge is 2.51. The number of hydrogen-bond donors (Lipinski definition) is 2. The molecule has 130 valence electrons. The lowest BCUT2D eigenvalue weighted by molar-refractivity contribution is -0.118. The first-order valence-corrected chi connectivity index (χ1v) is 7.94. The summed E-state index contributed by atoms with van der Waals surface area (Å²) < 4.78 is 10.6. The molecule has 0 radical (unpaired) electrons. The van der Waals surface area contributed by atoms with Gasteiger partial charge in [0.2, 0.25) is 11.8 Å². The van der Waals surface area contributed by atoms with Gasteiger partial charge >= 0.3 is 0 Å². The van der Waals surface area contributed by atoms with E-state index < -0.39 is 11.3 Å². The number of anilines is 1. The number of amides is 2. The standard InChI is InChI=1S/C19H20N2O4/c1-24-15-8-5-13(11-16(15)25-2)19(9-10-19)18(23)21-14-6-3-12(4-7-14)17(20)22/h3-8,11H,9-10H2,1-2H3,(H2,20,22)(H,21,23). The Morgan fingerprint density at radius 2 is 1.64 bits per heavy atom. The largest absolute Gasteiger partial charge is 0.493 e. The second-order valence-electron chi connectivity index (χ2n) is 6.05. The van der Waals surface area contributed by atoms with Gasteiger partial charge in [-0.1, -0.05) is 6.07 Å². The highest BCUT2D eigenvalue weighted by molar-refractivity contribution is 6.02. The molecule has 3 N–H and O–H groups in total. The van der Waals surface area contributed by atoms with Crippen molar-refractivity contribution >= 4 is 17.5 Å². The van der Waals surface area contributed by atoms with E-state index in [-0.39, 0.29) is 5.91 Å². The maximum Gasteiger partial charge on any atom is 0.248 e. The Morgan fingerprint density at radius 1 is 1.00 bits per heavy atom. The van der Waals surface area contributed by atoms with E-state index in [2.05, 4.69) is 5.32 Å². The third-order valence-corrected chi connectivity index (χ3v) is 4.55. The number of nitrogens with two attached hydrogens (primary N) is 1. The molecule has 6 nitrogen and oxygen atoms in total. The number of carbonyl (C=O) groups excluding carboxylic acids is 2. The Kier molecular flexibility index (Phi) is 4.35. The van der Waals surface area contributed by atoms with E-state index in [1.807, 2.05) is 18.2 Å². The quantitative estimate of drug-likeness (QED) is 0.845. The monoisotopic (exact) mass is 340 g/mol. The molecule has 0 aromatic heterocycles. The third kappa shape index (κ3) is 3.15. The summed E-state index contributed by atoms with van der Waals surface area (Å²) in [6.07, 6.45) is 1.54. The van der Waals surface area contributed by atoms with Crippen LogP contribution in [0.4, 0.5) is 5.69 Å². The molecule has 2 aromatic carbocycles. The molecular weight excluding hydrogens is 320 g/mol. The lowest BCUT2D eigenvalue weighted by Gasteiger charge is -2.18. The predicted molar refractivity (Wildman–Crippen MR) is 94.0 cm³/mol. The van der Waals surface area contributed by atoms with Crippen molar-refractivity contribution in [1.82, 2.24) is 0 Å². The molecule has 0 heterocycles. The SMILES string of the molecule is COc1ccc(C2(C(=O)Nc3ccc(C(N)=O)cc3)CC2)cc1OC. The van der Waals surface area contributed by atoms with E-state index in [1.165, 1.54) is 0 Å². The van der Waals surface area contributed by atoms with E-state index in [9.17, 15) is 9.59 Å². The summed E-state index contributed by atoms with van der Waals surface area (Å²) in [5, 5.41) is 2.91. The maximum absolute atomic E-state index is 12.8. The summed E-state index contributed by atoms with van der Waals surface area (Å²) in [5.74, 6) is 0.655. The highest BCUT2D eigenvalue weighted by atomic mass is 16.5. The Labute approximate surface area is 145 Å². The minimum Gasteiger partial charge on any atom is -0.493 e. The van der Waals surface area contributed by atoms with Crippen LogP contribution in [0, 0.1) is 0 Å². The normalized spacial score (nSPS) is 14.5. The fourth-order valence-electron chi connectivity index (χ4n) is 2.87. The van der Waals surface area contributed by atoms with Crippen LogP contribution in [-0.2, 0) is 10.2 Å². The van der Waals surface area contributed by atoms with Gasteiger partial charge in [-0.25, -0.2) is 0 Å². The maximum atomic E-state index is 12.8. The first kappa shape index (κ1) is 16.8. The zero-order valence-electron chi connectivity index (χ0n) is 14.2. The third-order valence-electron chi connectivity index (χ3n) is 4.55. The summed E-state index contributed by atoms with van der Waals surface area (Å²) in [6.45, 7) is 0. The molecule has 1 aliphatic carbocycles. The zero-order valence-corrected chi connectivity index (χ0v) is 14.2. The van der Waals surface area contributed by atoms with E-state index >= 15 is 0 Å². The predicted octanol–water partition coefficient (Wildman–Crippen LogP) is 2.47. The number of hydrogen-bond acceptors (Lipinski definition) is 4. The molecule has 0 aliphatic heterocycles. The lowest BCUT2D eigenvalue weighted by Crippen LogP contribution is -2.27. The molecule has 2 aromatic rings. The van der Waals surface area contributed by atoms with Crippen molar-refractivity contribution in [2.45, 2.75) is 18.3 Å². The molecule has 1 saturated carbocycles. The van der Waals surface area contributed by atoms with Crippen LogP contribution in [0.15, 0.2) is 42.5 Å². The molecule has 0 bridgehead atoms. The number of carbonyl (C=O) groups is 2. The van der Waals surface area contributed by atoms with Crippen LogP contribution in [-0.4, -0.2) is 26.0 Å². The summed E-state index contributed by atoms with van der Waals surface area (Å²) in [7, 11) is 3.15. The molecule has 0 saturated heterocycles. The molecule has 0 atom stereocenters.